The number of aryl methyl sites for hydroxylation is 1. The molecule has 0 bridgehead atoms. The lowest BCUT2D eigenvalue weighted by atomic mass is 9.99. The number of hydrogen-bond acceptors (Lipinski definition) is 11. The molecule has 1 aromatic rings. The lowest BCUT2D eigenvalue weighted by Crippen LogP contribution is -2.41. The van der Waals surface area contributed by atoms with E-state index in [-0.39, 0.29) is 37.4 Å². The Morgan fingerprint density at radius 2 is 1.77 bits per heavy atom. The van der Waals surface area contributed by atoms with E-state index in [1.165, 1.54) is 18.9 Å². The summed E-state index contributed by atoms with van der Waals surface area (Å²) in [4.78, 5) is 40.0. The fraction of sp³-hybridized carbons (Fsp3) is 0.524. The summed E-state index contributed by atoms with van der Waals surface area (Å²) in [5.74, 6) is -2.81. The van der Waals surface area contributed by atoms with Crippen molar-refractivity contribution in [3.63, 3.8) is 0 Å². The molecule has 12 nitrogen and oxygen atoms in total. The van der Waals surface area contributed by atoms with Crippen LogP contribution in [0.3, 0.4) is 0 Å². The molecule has 1 aliphatic rings. The molecule has 1 aliphatic heterocycles. The Bertz CT molecular complexity index is 1090. The van der Waals surface area contributed by atoms with Gasteiger partial charge in [0.15, 0.2) is 0 Å². The minimum Gasteiger partial charge on any atom is -0.475 e. The van der Waals surface area contributed by atoms with Crippen LogP contribution < -0.4 is 9.47 Å². The number of fused-ring (bicyclic) bond motifs is 1. The van der Waals surface area contributed by atoms with Crippen molar-refractivity contribution in [3.8, 4) is 11.5 Å². The van der Waals surface area contributed by atoms with Crippen molar-refractivity contribution in [2.45, 2.75) is 38.8 Å². The van der Waals surface area contributed by atoms with E-state index in [1.54, 1.807) is 0 Å². The van der Waals surface area contributed by atoms with Crippen LogP contribution in [-0.4, -0.2) is 80.4 Å². The van der Waals surface area contributed by atoms with Crippen LogP contribution in [0.25, 0.3) is 6.08 Å². The van der Waals surface area contributed by atoms with Gasteiger partial charge in [0, 0.05) is 25.6 Å². The van der Waals surface area contributed by atoms with Crippen LogP contribution in [0.15, 0.2) is 17.7 Å². The minimum atomic E-state index is -5.13. The van der Waals surface area contributed by atoms with Crippen molar-refractivity contribution in [1.29, 1.82) is 0 Å². The molecule has 1 heterocycles. The highest BCUT2D eigenvalue weighted by atomic mass is 19.4. The van der Waals surface area contributed by atoms with Gasteiger partial charge in [-0.3, -0.25) is 0 Å². The monoisotopic (exact) mass is 576 g/mol. The number of ether oxygens (including phenoxy) is 5. The Kier molecular flexibility index (Phi) is 10.2. The third-order valence-corrected chi connectivity index (χ3v) is 4.77. The Balaban J connectivity index is 2.05. The van der Waals surface area contributed by atoms with Gasteiger partial charge >= 0.3 is 24.7 Å². The topological polar surface area (TPSA) is 136 Å². The smallest absolute Gasteiger partial charge is 0.475 e. The molecule has 0 spiro atoms. The summed E-state index contributed by atoms with van der Waals surface area (Å²) in [5.41, 5.74) is -1.57. The van der Waals surface area contributed by atoms with Crippen LogP contribution in [0, 0.1) is 17.0 Å². The first kappa shape index (κ1) is 31.3. The van der Waals surface area contributed by atoms with Gasteiger partial charge in [-0.25, -0.2) is 9.59 Å². The molecular formula is C21H22F6N2O10. The third kappa shape index (κ3) is 10.0. The lowest BCUT2D eigenvalue weighted by Gasteiger charge is -2.29. The van der Waals surface area contributed by atoms with E-state index in [2.05, 4.69) is 14.3 Å². The first-order chi connectivity index (χ1) is 18.0. The summed E-state index contributed by atoms with van der Waals surface area (Å²) in [5, 5.41) is 9.12. The van der Waals surface area contributed by atoms with Crippen molar-refractivity contribution in [2.24, 2.45) is 0 Å². The van der Waals surface area contributed by atoms with Crippen LogP contribution in [0.1, 0.15) is 18.1 Å². The van der Waals surface area contributed by atoms with E-state index in [4.69, 9.17) is 14.2 Å². The molecule has 0 saturated heterocycles. The summed E-state index contributed by atoms with van der Waals surface area (Å²) in [7, 11) is 1.54. The number of carbonyl (C=O) groups excluding carboxylic acids is 2. The largest absolute Gasteiger partial charge is 0.573 e. The molecule has 0 aliphatic carbocycles. The fourth-order valence-corrected chi connectivity index (χ4v) is 3.14. The molecule has 0 fully saturated rings. The second-order valence-corrected chi connectivity index (χ2v) is 7.89. The zero-order chi connectivity index (χ0) is 29.5. The number of halogens is 6. The van der Waals surface area contributed by atoms with Crippen molar-refractivity contribution >= 4 is 18.2 Å². The highest BCUT2D eigenvalue weighted by Crippen LogP contribution is 2.41. The number of alkyl halides is 6. The molecule has 218 valence electrons. The standard InChI is InChI=1S/C21H22F6N2O10/c1-11-8-14(39-21(25,26)27)9-13-10-15(17(20(22,23)24)38-16(11)13)18(30)36-12(2)37-19(31)34-6-4-28(3)5-7-35-29(32)33/h8-10,12,17H,4-7H2,1-3H3. The molecule has 0 amide bonds. The average Bonchev–Trinajstić information content (AvgIpc) is 2.76. The van der Waals surface area contributed by atoms with E-state index in [1.807, 2.05) is 0 Å². The second-order valence-electron chi connectivity index (χ2n) is 7.89. The number of nitrogens with zero attached hydrogens (tertiary/aromatic N) is 2. The van der Waals surface area contributed by atoms with Gasteiger partial charge < -0.3 is 33.4 Å². The third-order valence-electron chi connectivity index (χ3n) is 4.77. The van der Waals surface area contributed by atoms with E-state index in [9.17, 15) is 46.0 Å². The fourth-order valence-electron chi connectivity index (χ4n) is 3.14. The molecule has 18 heteroatoms. The maximum absolute atomic E-state index is 13.7. The second kappa shape index (κ2) is 12.7. The first-order valence-electron chi connectivity index (χ1n) is 10.8. The Labute approximate surface area is 216 Å². The molecule has 1 aromatic carbocycles. The van der Waals surface area contributed by atoms with Crippen molar-refractivity contribution in [1.82, 2.24) is 4.90 Å². The van der Waals surface area contributed by atoms with Crippen LogP contribution >= 0.6 is 0 Å². The number of esters is 1. The maximum Gasteiger partial charge on any atom is 0.573 e. The number of rotatable bonds is 11. The SMILES string of the molecule is Cc1cc(OC(F)(F)F)cc2c1OC(C(F)(F)F)C(C(=O)OC(C)OC(=O)OCCN(C)CCO[N+](=O)[O-])=C2. The predicted molar refractivity (Wildman–Crippen MR) is 115 cm³/mol. The summed E-state index contributed by atoms with van der Waals surface area (Å²) in [6.45, 7) is 1.91. The molecule has 39 heavy (non-hydrogen) atoms. The van der Waals surface area contributed by atoms with Gasteiger partial charge in [0.05, 0.1) is 5.57 Å². The molecule has 0 N–H and O–H groups in total. The average molecular weight is 576 g/mol. The van der Waals surface area contributed by atoms with Crippen molar-refractivity contribution in [3.05, 3.63) is 38.9 Å². The summed E-state index contributed by atoms with van der Waals surface area (Å²) < 4.78 is 102. The number of likely N-dealkylation sites (N-methyl/N-ethyl adjacent to an activating group) is 1. The summed E-state index contributed by atoms with van der Waals surface area (Å²) in [6, 6.07) is 1.55. The molecule has 0 saturated carbocycles. The van der Waals surface area contributed by atoms with Gasteiger partial charge in [-0.05, 0) is 37.7 Å². The molecule has 2 atom stereocenters. The Morgan fingerprint density at radius 3 is 2.36 bits per heavy atom. The summed E-state index contributed by atoms with van der Waals surface area (Å²) in [6.07, 6.45) is -15.5. The number of carbonyl (C=O) groups is 2. The van der Waals surface area contributed by atoms with Crippen molar-refractivity contribution in [2.75, 3.05) is 33.4 Å². The Hall–Kier alpha value is -3.96. The van der Waals surface area contributed by atoms with Gasteiger partial charge in [0.25, 0.3) is 5.09 Å². The van der Waals surface area contributed by atoms with E-state index >= 15 is 0 Å². The van der Waals surface area contributed by atoms with Gasteiger partial charge in [0.2, 0.25) is 12.4 Å². The van der Waals surface area contributed by atoms with Crippen LogP contribution in [0.5, 0.6) is 11.5 Å². The van der Waals surface area contributed by atoms with Crippen LogP contribution in [-0.2, 0) is 23.8 Å². The van der Waals surface area contributed by atoms with E-state index < -0.39 is 59.2 Å². The number of benzene rings is 1. The van der Waals surface area contributed by atoms with Crippen LogP contribution in [0.2, 0.25) is 0 Å². The summed E-state index contributed by atoms with van der Waals surface area (Å²) >= 11 is 0. The maximum atomic E-state index is 13.7. The van der Waals surface area contributed by atoms with E-state index in [0.29, 0.717) is 6.08 Å². The van der Waals surface area contributed by atoms with Crippen LogP contribution in [0.4, 0.5) is 31.1 Å². The zero-order valence-electron chi connectivity index (χ0n) is 20.5. The van der Waals surface area contributed by atoms with Gasteiger partial charge in [-0.1, -0.05) is 0 Å². The minimum absolute atomic E-state index is 0.0979. The highest BCUT2D eigenvalue weighted by Gasteiger charge is 2.49. The Morgan fingerprint density at radius 1 is 1.13 bits per heavy atom. The van der Waals surface area contributed by atoms with Crippen molar-refractivity contribution < 1.29 is 69.5 Å². The van der Waals surface area contributed by atoms with Gasteiger partial charge in [-0.15, -0.1) is 23.3 Å². The molecule has 0 aromatic heterocycles. The molecule has 0 radical (unpaired) electrons. The zero-order valence-corrected chi connectivity index (χ0v) is 20.5. The lowest BCUT2D eigenvalue weighted by molar-refractivity contribution is -0.757. The quantitative estimate of drug-likeness (QED) is 0.125. The van der Waals surface area contributed by atoms with Gasteiger partial charge in [-0.2, -0.15) is 13.2 Å². The predicted octanol–water partition coefficient (Wildman–Crippen LogP) is 3.78. The van der Waals surface area contributed by atoms with Gasteiger partial charge in [0.1, 0.15) is 24.7 Å². The highest BCUT2D eigenvalue weighted by molar-refractivity contribution is 5.96. The first-order valence-corrected chi connectivity index (χ1v) is 10.8. The molecule has 2 unspecified atom stereocenters. The molecular weight excluding hydrogens is 554 g/mol. The number of hydrogen-bond donors (Lipinski definition) is 0. The van der Waals surface area contributed by atoms with E-state index in [0.717, 1.165) is 19.1 Å². The normalized spacial score (nSPS) is 15.8. The molecule has 2 rings (SSSR count).